The van der Waals surface area contributed by atoms with Gasteiger partial charge in [0, 0.05) is 43.9 Å². The van der Waals surface area contributed by atoms with Gasteiger partial charge >= 0.3 is 0 Å². The van der Waals surface area contributed by atoms with Crippen LogP contribution in [0, 0.1) is 6.92 Å². The number of rotatable bonds is 6. The Hall–Kier alpha value is -2.23. The summed E-state index contributed by atoms with van der Waals surface area (Å²) in [5.74, 6) is -0.310. The second kappa shape index (κ2) is 7.34. The van der Waals surface area contributed by atoms with Gasteiger partial charge in [0.2, 0.25) is 10.0 Å². The molecule has 0 aliphatic carbocycles. The highest BCUT2D eigenvalue weighted by atomic mass is 32.2. The molecule has 0 fully saturated rings. The molecule has 0 radical (unpaired) electrons. The molecule has 2 heterocycles. The van der Waals surface area contributed by atoms with Gasteiger partial charge in [-0.15, -0.1) is 0 Å². The van der Waals surface area contributed by atoms with Gasteiger partial charge in [-0.05, 0) is 19.1 Å². The summed E-state index contributed by atoms with van der Waals surface area (Å²) in [6.45, 7) is 3.64. The minimum Gasteiger partial charge on any atom is -0.349 e. The number of aromatic nitrogens is 2. The molecule has 134 valence electrons. The third-order valence-electron chi connectivity index (χ3n) is 4.06. The number of aromatic amines is 1. The predicted octanol–water partition coefficient (Wildman–Crippen LogP) is 0.0721. The number of aryl methyl sites for hydroxylation is 1. The number of hydrogen-bond acceptors (Lipinski definition) is 5. The van der Waals surface area contributed by atoms with Crippen molar-refractivity contribution in [1.82, 2.24) is 25.6 Å². The van der Waals surface area contributed by atoms with Crippen LogP contribution in [0.25, 0.3) is 0 Å². The number of carbonyl (C=O) groups excluding carboxylic acids is 1. The molecule has 4 N–H and O–H groups in total. The Labute approximate surface area is 146 Å². The summed E-state index contributed by atoms with van der Waals surface area (Å²) in [6, 6.07) is 6.59. The number of sulfonamides is 1. The summed E-state index contributed by atoms with van der Waals surface area (Å²) >= 11 is 0. The molecule has 1 aliphatic heterocycles. The van der Waals surface area contributed by atoms with E-state index in [1.807, 2.05) is 6.92 Å². The fraction of sp³-hybridized carbons (Fsp3) is 0.375. The SMILES string of the molecule is Cc1ccc(S(=O)(=O)NCCNC(=O)c2n[nH]c3c2CNCC3)cc1. The van der Waals surface area contributed by atoms with E-state index in [9.17, 15) is 13.2 Å². The first-order chi connectivity index (χ1) is 12.0. The summed E-state index contributed by atoms with van der Waals surface area (Å²) in [5, 5.41) is 12.8. The molecule has 0 atom stereocenters. The fourth-order valence-electron chi connectivity index (χ4n) is 2.66. The van der Waals surface area contributed by atoms with Gasteiger partial charge in [0.25, 0.3) is 5.91 Å². The average Bonchev–Trinajstić information content (AvgIpc) is 3.03. The van der Waals surface area contributed by atoms with Crippen LogP contribution < -0.4 is 15.4 Å². The lowest BCUT2D eigenvalue weighted by molar-refractivity contribution is 0.0948. The highest BCUT2D eigenvalue weighted by Gasteiger charge is 2.21. The Morgan fingerprint density at radius 1 is 1.24 bits per heavy atom. The number of nitrogens with zero attached hydrogens (tertiary/aromatic N) is 1. The van der Waals surface area contributed by atoms with Gasteiger partial charge in [-0.2, -0.15) is 5.10 Å². The number of nitrogens with one attached hydrogen (secondary N) is 4. The van der Waals surface area contributed by atoms with E-state index < -0.39 is 10.0 Å². The van der Waals surface area contributed by atoms with Gasteiger partial charge < -0.3 is 10.6 Å². The van der Waals surface area contributed by atoms with Crippen molar-refractivity contribution in [1.29, 1.82) is 0 Å². The van der Waals surface area contributed by atoms with Gasteiger partial charge in [-0.1, -0.05) is 17.7 Å². The lowest BCUT2D eigenvalue weighted by Gasteiger charge is -2.13. The maximum atomic E-state index is 12.2. The van der Waals surface area contributed by atoms with Gasteiger partial charge in [0.05, 0.1) is 4.90 Å². The number of amides is 1. The Morgan fingerprint density at radius 2 is 2.00 bits per heavy atom. The molecule has 1 aliphatic rings. The highest BCUT2D eigenvalue weighted by Crippen LogP contribution is 2.15. The molecule has 1 aromatic carbocycles. The Bertz CT molecular complexity index is 858. The van der Waals surface area contributed by atoms with E-state index in [0.717, 1.165) is 29.8 Å². The average molecular weight is 363 g/mol. The van der Waals surface area contributed by atoms with Crippen molar-refractivity contribution in [2.45, 2.75) is 24.8 Å². The van der Waals surface area contributed by atoms with E-state index in [2.05, 4.69) is 25.6 Å². The minimum atomic E-state index is -3.58. The molecule has 0 unspecified atom stereocenters. The summed E-state index contributed by atoms with van der Waals surface area (Å²) < 4.78 is 26.8. The molecule has 3 rings (SSSR count). The van der Waals surface area contributed by atoms with E-state index in [0.29, 0.717) is 12.2 Å². The first kappa shape index (κ1) is 17.6. The van der Waals surface area contributed by atoms with Crippen molar-refractivity contribution in [3.8, 4) is 0 Å². The normalized spacial score (nSPS) is 14.1. The minimum absolute atomic E-state index is 0.104. The van der Waals surface area contributed by atoms with Crippen LogP contribution in [0.15, 0.2) is 29.2 Å². The van der Waals surface area contributed by atoms with Crippen LogP contribution in [0.5, 0.6) is 0 Å². The predicted molar refractivity (Wildman–Crippen MR) is 92.7 cm³/mol. The van der Waals surface area contributed by atoms with Gasteiger partial charge in [0.15, 0.2) is 5.69 Å². The van der Waals surface area contributed by atoms with Crippen LogP contribution >= 0.6 is 0 Å². The third-order valence-corrected chi connectivity index (χ3v) is 5.53. The van der Waals surface area contributed by atoms with Crippen molar-refractivity contribution >= 4 is 15.9 Å². The van der Waals surface area contributed by atoms with E-state index in [1.165, 1.54) is 0 Å². The Kier molecular flexibility index (Phi) is 5.16. The fourth-order valence-corrected chi connectivity index (χ4v) is 3.69. The van der Waals surface area contributed by atoms with Crippen LogP contribution in [0.1, 0.15) is 27.3 Å². The van der Waals surface area contributed by atoms with Crippen LogP contribution in [0.2, 0.25) is 0 Å². The summed E-state index contributed by atoms with van der Waals surface area (Å²) in [6.07, 6.45) is 0.811. The van der Waals surface area contributed by atoms with Crippen LogP contribution in [-0.4, -0.2) is 44.2 Å². The van der Waals surface area contributed by atoms with Crippen molar-refractivity contribution in [2.75, 3.05) is 19.6 Å². The molecular weight excluding hydrogens is 342 g/mol. The molecular formula is C16H21N5O3S. The third kappa shape index (κ3) is 4.06. The van der Waals surface area contributed by atoms with Crippen LogP contribution in [0.4, 0.5) is 0 Å². The van der Waals surface area contributed by atoms with Crippen molar-refractivity contribution in [3.05, 3.63) is 46.8 Å². The lowest BCUT2D eigenvalue weighted by atomic mass is 10.1. The maximum Gasteiger partial charge on any atom is 0.272 e. The first-order valence-corrected chi connectivity index (χ1v) is 9.57. The Morgan fingerprint density at radius 3 is 2.76 bits per heavy atom. The number of H-pyrrole nitrogens is 1. The molecule has 9 heteroatoms. The lowest BCUT2D eigenvalue weighted by Crippen LogP contribution is -2.35. The van der Waals surface area contributed by atoms with E-state index >= 15 is 0 Å². The highest BCUT2D eigenvalue weighted by molar-refractivity contribution is 7.89. The molecule has 1 aromatic heterocycles. The second-order valence-electron chi connectivity index (χ2n) is 5.92. The van der Waals surface area contributed by atoms with E-state index in [1.54, 1.807) is 24.3 Å². The zero-order valence-corrected chi connectivity index (χ0v) is 14.7. The number of benzene rings is 1. The van der Waals surface area contributed by atoms with Gasteiger partial charge in [-0.25, -0.2) is 13.1 Å². The van der Waals surface area contributed by atoms with Crippen molar-refractivity contribution < 1.29 is 13.2 Å². The topological polar surface area (TPSA) is 116 Å². The number of hydrogen-bond donors (Lipinski definition) is 4. The molecule has 0 bridgehead atoms. The molecule has 0 saturated carbocycles. The van der Waals surface area contributed by atoms with E-state index in [4.69, 9.17) is 0 Å². The standard InChI is InChI=1S/C16H21N5O3S/c1-11-2-4-12(5-3-11)25(23,24)19-9-8-18-16(22)15-13-10-17-7-6-14(13)20-21-15/h2-5,17,19H,6-10H2,1H3,(H,18,22)(H,20,21). The summed E-state index contributed by atoms with van der Waals surface area (Å²) in [4.78, 5) is 12.4. The molecule has 0 spiro atoms. The summed E-state index contributed by atoms with van der Waals surface area (Å²) in [7, 11) is -3.58. The maximum absolute atomic E-state index is 12.2. The van der Waals surface area contributed by atoms with Crippen LogP contribution in [0.3, 0.4) is 0 Å². The van der Waals surface area contributed by atoms with Crippen molar-refractivity contribution in [2.24, 2.45) is 0 Å². The van der Waals surface area contributed by atoms with Gasteiger partial charge in [0.1, 0.15) is 0 Å². The summed E-state index contributed by atoms with van der Waals surface area (Å²) in [5.41, 5.74) is 3.21. The van der Waals surface area contributed by atoms with Gasteiger partial charge in [-0.3, -0.25) is 9.89 Å². The quantitative estimate of drug-likeness (QED) is 0.542. The Balaban J connectivity index is 1.52. The molecule has 1 amide bonds. The van der Waals surface area contributed by atoms with E-state index in [-0.39, 0.29) is 23.9 Å². The first-order valence-electron chi connectivity index (χ1n) is 8.09. The molecule has 8 nitrogen and oxygen atoms in total. The zero-order valence-electron chi connectivity index (χ0n) is 13.9. The molecule has 25 heavy (non-hydrogen) atoms. The number of carbonyl (C=O) groups is 1. The zero-order chi connectivity index (χ0) is 17.9. The molecule has 0 saturated heterocycles. The monoisotopic (exact) mass is 363 g/mol. The molecule has 2 aromatic rings. The largest absolute Gasteiger partial charge is 0.349 e. The smallest absolute Gasteiger partial charge is 0.272 e. The number of fused-ring (bicyclic) bond motifs is 1. The van der Waals surface area contributed by atoms with Crippen molar-refractivity contribution in [3.63, 3.8) is 0 Å². The second-order valence-corrected chi connectivity index (χ2v) is 7.69. The van der Waals surface area contributed by atoms with Crippen LogP contribution in [-0.2, 0) is 23.0 Å².